The second-order valence-electron chi connectivity index (χ2n) is 7.93. The molecule has 0 saturated heterocycles. The Hall–Kier alpha value is -1.50. The molecule has 0 aliphatic heterocycles. The fraction of sp³-hybridized carbons (Fsp3) is 0.750. The summed E-state index contributed by atoms with van der Waals surface area (Å²) in [4.78, 5) is 29.3. The molecule has 0 radical (unpaired) electrons. The van der Waals surface area contributed by atoms with Crippen molar-refractivity contribution in [2.24, 2.45) is 0 Å². The maximum Gasteiger partial charge on any atom is 0.321 e. The zero-order valence-corrected chi connectivity index (χ0v) is 17.5. The summed E-state index contributed by atoms with van der Waals surface area (Å²) < 4.78 is 2.30. The van der Waals surface area contributed by atoms with Gasteiger partial charge in [0.05, 0.1) is 10.9 Å². The van der Waals surface area contributed by atoms with Gasteiger partial charge in [-0.15, -0.1) is 0 Å². The fourth-order valence-electron chi connectivity index (χ4n) is 4.17. The first kappa shape index (κ1) is 20.2. The zero-order chi connectivity index (χ0) is 19.4. The van der Waals surface area contributed by atoms with Gasteiger partial charge in [-0.1, -0.05) is 43.9 Å². The number of imide groups is 1. The van der Waals surface area contributed by atoms with Gasteiger partial charge in [-0.05, 0) is 46.5 Å². The number of rotatable bonds is 5. The third-order valence-corrected chi connectivity index (χ3v) is 6.94. The molecule has 150 valence electrons. The summed E-state index contributed by atoms with van der Waals surface area (Å²) in [5.74, 6) is -0.260. The maximum absolute atomic E-state index is 12.5. The van der Waals surface area contributed by atoms with Gasteiger partial charge in [-0.3, -0.25) is 10.1 Å². The predicted octanol–water partition coefficient (Wildman–Crippen LogP) is 4.25. The average molecular weight is 393 g/mol. The van der Waals surface area contributed by atoms with Crippen LogP contribution >= 0.6 is 11.8 Å². The van der Waals surface area contributed by atoms with Crippen LogP contribution in [0.3, 0.4) is 0 Å². The molecule has 3 amide bonds. The smallest absolute Gasteiger partial charge is 0.321 e. The van der Waals surface area contributed by atoms with E-state index in [9.17, 15) is 9.59 Å². The highest BCUT2D eigenvalue weighted by Gasteiger charge is 2.26. The van der Waals surface area contributed by atoms with Crippen molar-refractivity contribution in [3.05, 3.63) is 11.4 Å². The maximum atomic E-state index is 12.5. The van der Waals surface area contributed by atoms with Gasteiger partial charge in [0.15, 0.2) is 5.16 Å². The van der Waals surface area contributed by atoms with Gasteiger partial charge < -0.3 is 9.88 Å². The number of carbonyl (C=O) groups is 2. The molecule has 2 aliphatic carbocycles. The van der Waals surface area contributed by atoms with Crippen molar-refractivity contribution in [2.45, 2.75) is 101 Å². The molecule has 1 atom stereocenters. The normalized spacial score (nSPS) is 19.8. The summed E-state index contributed by atoms with van der Waals surface area (Å²) in [6.45, 7) is 5.96. The lowest BCUT2D eigenvalue weighted by molar-refractivity contribution is -0.119. The Morgan fingerprint density at radius 2 is 1.70 bits per heavy atom. The molecule has 0 spiro atoms. The lowest BCUT2D eigenvalue weighted by Crippen LogP contribution is -2.47. The van der Waals surface area contributed by atoms with Crippen molar-refractivity contribution in [3.63, 3.8) is 0 Å². The Morgan fingerprint density at radius 3 is 2.37 bits per heavy atom. The van der Waals surface area contributed by atoms with Gasteiger partial charge in [0, 0.05) is 17.8 Å². The van der Waals surface area contributed by atoms with Gasteiger partial charge in [0.25, 0.3) is 0 Å². The van der Waals surface area contributed by atoms with Crippen LogP contribution in [0.15, 0.2) is 5.16 Å². The number of imidazole rings is 1. The Kier molecular flexibility index (Phi) is 6.84. The van der Waals surface area contributed by atoms with E-state index in [0.717, 1.165) is 36.5 Å². The van der Waals surface area contributed by atoms with Gasteiger partial charge in [0.1, 0.15) is 0 Å². The second kappa shape index (κ2) is 9.13. The van der Waals surface area contributed by atoms with Crippen LogP contribution in [0.1, 0.15) is 82.1 Å². The number of carbonyl (C=O) groups excluding carboxylic acids is 2. The molecule has 0 aromatic carbocycles. The van der Waals surface area contributed by atoms with Crippen LogP contribution in [-0.4, -0.2) is 32.8 Å². The van der Waals surface area contributed by atoms with E-state index in [2.05, 4.69) is 22.1 Å². The van der Waals surface area contributed by atoms with E-state index < -0.39 is 0 Å². The molecule has 3 rings (SSSR count). The van der Waals surface area contributed by atoms with E-state index >= 15 is 0 Å². The first-order chi connectivity index (χ1) is 13.0. The van der Waals surface area contributed by atoms with Crippen LogP contribution in [0.25, 0.3) is 0 Å². The lowest BCUT2D eigenvalue weighted by atomic mass is 9.96. The van der Waals surface area contributed by atoms with Gasteiger partial charge in [0.2, 0.25) is 5.91 Å². The van der Waals surface area contributed by atoms with Crippen molar-refractivity contribution < 1.29 is 9.59 Å². The largest absolute Gasteiger partial charge is 0.335 e. The van der Waals surface area contributed by atoms with Crippen molar-refractivity contribution in [3.8, 4) is 0 Å². The first-order valence-corrected chi connectivity index (χ1v) is 11.2. The van der Waals surface area contributed by atoms with E-state index in [4.69, 9.17) is 4.98 Å². The number of hydrogen-bond donors (Lipinski definition) is 2. The monoisotopic (exact) mass is 392 g/mol. The topological polar surface area (TPSA) is 76.0 Å². The van der Waals surface area contributed by atoms with Gasteiger partial charge >= 0.3 is 6.03 Å². The van der Waals surface area contributed by atoms with Crippen LogP contribution in [0, 0.1) is 13.8 Å². The highest BCUT2D eigenvalue weighted by molar-refractivity contribution is 8.00. The van der Waals surface area contributed by atoms with Crippen molar-refractivity contribution in [2.75, 3.05) is 0 Å². The van der Waals surface area contributed by atoms with Crippen molar-refractivity contribution in [1.29, 1.82) is 0 Å². The standard InChI is InChI=1S/C20H32N4O2S/c1-13-14(2)24(17-11-7-8-12-17)20(21-13)27-15(3)18(25)23-19(26)22-16-9-5-4-6-10-16/h15-17H,4-12H2,1-3H3,(H2,22,23,25,26)/t15-/m0/s1. The number of nitrogens with zero attached hydrogens (tertiary/aromatic N) is 2. The minimum absolute atomic E-state index is 0.195. The van der Waals surface area contributed by atoms with Crippen LogP contribution in [-0.2, 0) is 4.79 Å². The number of aryl methyl sites for hydroxylation is 1. The second-order valence-corrected chi connectivity index (χ2v) is 9.24. The minimum Gasteiger partial charge on any atom is -0.335 e. The predicted molar refractivity (Wildman–Crippen MR) is 108 cm³/mol. The van der Waals surface area contributed by atoms with E-state index in [1.807, 2.05) is 13.8 Å². The Balaban J connectivity index is 1.58. The van der Waals surface area contributed by atoms with Crippen LogP contribution in [0.4, 0.5) is 4.79 Å². The van der Waals surface area contributed by atoms with E-state index in [1.54, 1.807) is 0 Å². The number of thioether (sulfide) groups is 1. The van der Waals surface area contributed by atoms with Crippen LogP contribution in [0.5, 0.6) is 0 Å². The van der Waals surface area contributed by atoms with Crippen LogP contribution in [0.2, 0.25) is 0 Å². The minimum atomic E-state index is -0.372. The number of hydrogen-bond acceptors (Lipinski definition) is 4. The summed E-state index contributed by atoms with van der Waals surface area (Å²) in [6.07, 6.45) is 10.4. The quantitative estimate of drug-likeness (QED) is 0.734. The lowest BCUT2D eigenvalue weighted by Gasteiger charge is -2.23. The summed E-state index contributed by atoms with van der Waals surface area (Å²) in [7, 11) is 0. The molecule has 1 aromatic rings. The van der Waals surface area contributed by atoms with Crippen molar-refractivity contribution in [1.82, 2.24) is 20.2 Å². The zero-order valence-electron chi connectivity index (χ0n) is 16.7. The molecule has 0 unspecified atom stereocenters. The number of nitrogens with one attached hydrogen (secondary N) is 2. The first-order valence-electron chi connectivity index (χ1n) is 10.3. The van der Waals surface area contributed by atoms with E-state index in [-0.39, 0.29) is 23.2 Å². The van der Waals surface area contributed by atoms with Crippen molar-refractivity contribution >= 4 is 23.7 Å². The highest BCUT2D eigenvalue weighted by atomic mass is 32.2. The molecular formula is C20H32N4O2S. The summed E-state index contributed by atoms with van der Waals surface area (Å²) in [5, 5.41) is 5.97. The Bertz CT molecular complexity index is 676. The third kappa shape index (κ3) is 5.06. The molecule has 27 heavy (non-hydrogen) atoms. The Labute approximate surface area is 166 Å². The molecule has 1 heterocycles. The number of amides is 3. The molecule has 2 saturated carbocycles. The summed E-state index contributed by atoms with van der Waals surface area (Å²) in [6, 6.07) is 0.311. The molecule has 1 aromatic heterocycles. The summed E-state index contributed by atoms with van der Waals surface area (Å²) in [5.41, 5.74) is 2.21. The number of aromatic nitrogens is 2. The highest BCUT2D eigenvalue weighted by Crippen LogP contribution is 2.36. The molecule has 2 aliphatic rings. The van der Waals surface area contributed by atoms with Gasteiger partial charge in [-0.2, -0.15) is 0 Å². The molecule has 0 bridgehead atoms. The molecule has 7 heteroatoms. The third-order valence-electron chi connectivity index (χ3n) is 5.87. The van der Waals surface area contributed by atoms with Gasteiger partial charge in [-0.25, -0.2) is 9.78 Å². The summed E-state index contributed by atoms with van der Waals surface area (Å²) >= 11 is 1.45. The van der Waals surface area contributed by atoms with E-state index in [1.165, 1.54) is 49.6 Å². The SMILES string of the molecule is Cc1nc(S[C@@H](C)C(=O)NC(=O)NC2CCCCC2)n(C2CCCC2)c1C. The molecule has 6 nitrogen and oxygen atoms in total. The molecular weight excluding hydrogens is 360 g/mol. The number of urea groups is 1. The van der Waals surface area contributed by atoms with E-state index in [0.29, 0.717) is 6.04 Å². The Morgan fingerprint density at radius 1 is 1.07 bits per heavy atom. The average Bonchev–Trinajstić information content (AvgIpc) is 3.24. The fourth-order valence-corrected chi connectivity index (χ4v) is 5.24. The van der Waals surface area contributed by atoms with Crippen LogP contribution < -0.4 is 10.6 Å². The molecule has 2 fully saturated rings. The molecule has 2 N–H and O–H groups in total.